The number of benzene rings is 1. The van der Waals surface area contributed by atoms with Gasteiger partial charge in [-0.15, -0.1) is 0 Å². The monoisotopic (exact) mass is 597 g/mol. The van der Waals surface area contributed by atoms with E-state index >= 15 is 0 Å². The molecular formula is C30H34F3N7O3. The molecule has 3 aromatic rings. The fraction of sp³-hybridized carbons (Fsp3) is 0.567. The largest absolute Gasteiger partial charge is 0.474 e. The van der Waals surface area contributed by atoms with Crippen LogP contribution < -0.4 is 14.8 Å². The van der Waals surface area contributed by atoms with E-state index in [2.05, 4.69) is 31.5 Å². The van der Waals surface area contributed by atoms with Crippen LogP contribution in [0.4, 0.5) is 13.2 Å². The fourth-order valence-electron chi connectivity index (χ4n) is 6.48. The first-order valence-corrected chi connectivity index (χ1v) is 14.7. The zero-order valence-corrected chi connectivity index (χ0v) is 24.1. The van der Waals surface area contributed by atoms with E-state index in [-0.39, 0.29) is 53.1 Å². The van der Waals surface area contributed by atoms with Gasteiger partial charge in [0.2, 0.25) is 29.3 Å². The highest BCUT2D eigenvalue weighted by Gasteiger charge is 2.49. The number of nitrogens with one attached hydrogen (secondary N) is 1. The molecule has 3 fully saturated rings. The summed E-state index contributed by atoms with van der Waals surface area (Å²) in [5.74, 6) is -0.750. The van der Waals surface area contributed by atoms with Gasteiger partial charge in [-0.05, 0) is 58.3 Å². The molecule has 0 radical (unpaired) electrons. The molecular weight excluding hydrogens is 563 g/mol. The molecule has 1 aromatic carbocycles. The highest BCUT2D eigenvalue weighted by atomic mass is 19.1. The molecule has 5 atom stereocenters. The van der Waals surface area contributed by atoms with Gasteiger partial charge in [-0.3, -0.25) is 4.90 Å². The Morgan fingerprint density at radius 3 is 2.60 bits per heavy atom. The van der Waals surface area contributed by atoms with E-state index < -0.39 is 29.3 Å². The van der Waals surface area contributed by atoms with E-state index in [0.717, 1.165) is 6.42 Å². The van der Waals surface area contributed by atoms with Crippen LogP contribution in [0.3, 0.4) is 0 Å². The third kappa shape index (κ3) is 5.90. The van der Waals surface area contributed by atoms with Crippen molar-refractivity contribution in [2.45, 2.75) is 87.7 Å². The number of piperidine rings is 1. The van der Waals surface area contributed by atoms with Crippen LogP contribution in [-0.2, 0) is 5.41 Å². The lowest BCUT2D eigenvalue weighted by molar-refractivity contribution is 0.113. The molecule has 4 heterocycles. The van der Waals surface area contributed by atoms with Gasteiger partial charge in [0.1, 0.15) is 30.0 Å². The van der Waals surface area contributed by atoms with Crippen LogP contribution in [0, 0.1) is 23.0 Å². The Labute approximate surface area is 247 Å². The van der Waals surface area contributed by atoms with Crippen molar-refractivity contribution < 1.29 is 27.2 Å². The van der Waals surface area contributed by atoms with Crippen LogP contribution in [0.5, 0.6) is 11.8 Å². The van der Waals surface area contributed by atoms with Crippen molar-refractivity contribution in [1.82, 2.24) is 30.3 Å². The average molecular weight is 598 g/mol. The number of halogens is 3. The maximum Gasteiger partial charge on any atom is 0.240 e. The smallest absolute Gasteiger partial charge is 0.240 e. The number of hydrogen-bond donors (Lipinski definition) is 1. The highest BCUT2D eigenvalue weighted by molar-refractivity contribution is 5.47. The van der Waals surface area contributed by atoms with Crippen LogP contribution in [0.15, 0.2) is 28.8 Å². The summed E-state index contributed by atoms with van der Waals surface area (Å²) in [6.07, 6.45) is 2.15. The average Bonchev–Trinajstić information content (AvgIpc) is 3.56. The predicted molar refractivity (Wildman–Crippen MR) is 148 cm³/mol. The molecule has 0 spiro atoms. The van der Waals surface area contributed by atoms with Gasteiger partial charge in [0.25, 0.3) is 0 Å². The first-order valence-electron chi connectivity index (χ1n) is 14.7. The molecule has 0 amide bonds. The van der Waals surface area contributed by atoms with E-state index in [1.54, 1.807) is 6.07 Å². The SMILES string of the molecule is C[C@H](Oc1cc(O[C@H]2CCN[C@H](CC#N)C2)nc(-c2noc(C3(c4c(F)cccc4F)CCC3)n2)n1)[C@@H]1C[C@@H](F)CN1C. The lowest BCUT2D eigenvalue weighted by Crippen LogP contribution is -2.42. The van der Waals surface area contributed by atoms with Crippen LogP contribution in [0.25, 0.3) is 11.6 Å². The number of nitriles is 1. The minimum absolute atomic E-state index is 0.00422. The Morgan fingerprint density at radius 2 is 1.93 bits per heavy atom. The maximum atomic E-state index is 14.9. The molecule has 6 rings (SSSR count). The summed E-state index contributed by atoms with van der Waals surface area (Å²) in [4.78, 5) is 15.5. The Hall–Kier alpha value is -3.76. The van der Waals surface area contributed by atoms with Gasteiger partial charge in [0, 0.05) is 30.6 Å². The number of aromatic nitrogens is 4. The van der Waals surface area contributed by atoms with Crippen LogP contribution in [0.2, 0.25) is 0 Å². The maximum absolute atomic E-state index is 14.9. The topological polar surface area (TPSA) is 122 Å². The van der Waals surface area contributed by atoms with Gasteiger partial charge >= 0.3 is 0 Å². The number of ether oxygens (including phenoxy) is 2. The number of nitrogens with zero attached hydrogens (tertiary/aromatic N) is 6. The molecule has 228 valence electrons. The third-order valence-electron chi connectivity index (χ3n) is 8.83. The van der Waals surface area contributed by atoms with Crippen molar-refractivity contribution in [2.75, 3.05) is 20.1 Å². The highest BCUT2D eigenvalue weighted by Crippen LogP contribution is 2.50. The molecule has 13 heteroatoms. The number of rotatable bonds is 9. The molecule has 1 saturated carbocycles. The van der Waals surface area contributed by atoms with E-state index in [9.17, 15) is 13.2 Å². The Bertz CT molecular complexity index is 1470. The molecule has 1 aliphatic carbocycles. The molecule has 3 aliphatic rings. The molecule has 2 saturated heterocycles. The minimum atomic E-state index is -1.08. The molecule has 2 aliphatic heterocycles. The standard InChI is InChI=1S/C30H34F3N7O3/c1-17(23-13-18(31)16-40(23)2)41-24-15-25(42-20-8-12-35-19(14-20)7-11-34)37-27(36-24)28-38-29(43-39-28)30(9-4-10-30)26-21(32)5-3-6-22(26)33/h3,5-6,15,17-20,23,35H,4,7-10,12-14,16H2,1-2H3/t17-,18+,19+,20-,23-/m0/s1. The summed E-state index contributed by atoms with van der Waals surface area (Å²) >= 11 is 0. The summed E-state index contributed by atoms with van der Waals surface area (Å²) in [5, 5.41) is 16.5. The number of hydrogen-bond acceptors (Lipinski definition) is 10. The first kappa shape index (κ1) is 29.3. The lowest BCUT2D eigenvalue weighted by atomic mass is 9.64. The van der Waals surface area contributed by atoms with Gasteiger partial charge in [-0.2, -0.15) is 20.2 Å². The number of alkyl halides is 1. The van der Waals surface area contributed by atoms with Crippen LogP contribution in [-0.4, -0.2) is 75.6 Å². The van der Waals surface area contributed by atoms with Crippen molar-refractivity contribution in [3.8, 4) is 29.5 Å². The second kappa shape index (κ2) is 12.1. The number of likely N-dealkylation sites (N-methyl/N-ethyl adjacent to an activating group) is 1. The molecule has 0 bridgehead atoms. The second-order valence-corrected chi connectivity index (χ2v) is 11.8. The molecule has 10 nitrogen and oxygen atoms in total. The lowest BCUT2D eigenvalue weighted by Gasteiger charge is -2.39. The van der Waals surface area contributed by atoms with Gasteiger partial charge in [-0.1, -0.05) is 17.6 Å². The van der Waals surface area contributed by atoms with E-state index in [4.69, 9.17) is 19.3 Å². The zero-order valence-electron chi connectivity index (χ0n) is 24.1. The predicted octanol–water partition coefficient (Wildman–Crippen LogP) is 4.50. The Kier molecular flexibility index (Phi) is 8.24. The van der Waals surface area contributed by atoms with Gasteiger partial charge in [0.05, 0.1) is 24.0 Å². The number of likely N-dealkylation sites (tertiary alicyclic amines) is 1. The molecule has 2 aromatic heterocycles. The fourth-order valence-corrected chi connectivity index (χ4v) is 6.48. The van der Waals surface area contributed by atoms with Crippen molar-refractivity contribution in [2.24, 2.45) is 0 Å². The van der Waals surface area contributed by atoms with Crippen molar-refractivity contribution in [3.05, 3.63) is 47.4 Å². The normalized spacial score (nSPS) is 26.0. The Balaban J connectivity index is 1.31. The van der Waals surface area contributed by atoms with E-state index in [1.807, 2.05) is 18.9 Å². The third-order valence-corrected chi connectivity index (χ3v) is 8.83. The second-order valence-electron chi connectivity index (χ2n) is 11.8. The van der Waals surface area contributed by atoms with Crippen LogP contribution >= 0.6 is 0 Å². The summed E-state index contributed by atoms with van der Waals surface area (Å²) in [6.45, 7) is 2.88. The van der Waals surface area contributed by atoms with Crippen LogP contribution in [0.1, 0.15) is 63.3 Å². The molecule has 0 unspecified atom stereocenters. The summed E-state index contributed by atoms with van der Waals surface area (Å²) in [7, 11) is 1.86. The first-order chi connectivity index (χ1) is 20.8. The summed E-state index contributed by atoms with van der Waals surface area (Å²) < 4.78 is 61.8. The van der Waals surface area contributed by atoms with Gasteiger partial charge in [-0.25, -0.2) is 13.2 Å². The quantitative estimate of drug-likeness (QED) is 0.377. The Morgan fingerprint density at radius 1 is 1.16 bits per heavy atom. The van der Waals surface area contributed by atoms with E-state index in [0.29, 0.717) is 51.6 Å². The minimum Gasteiger partial charge on any atom is -0.474 e. The van der Waals surface area contributed by atoms with Crippen molar-refractivity contribution in [1.29, 1.82) is 5.26 Å². The summed E-state index contributed by atoms with van der Waals surface area (Å²) in [6, 6.07) is 7.38. The van der Waals surface area contributed by atoms with Gasteiger partial charge in [0.15, 0.2) is 0 Å². The van der Waals surface area contributed by atoms with E-state index in [1.165, 1.54) is 18.2 Å². The van der Waals surface area contributed by atoms with Gasteiger partial charge < -0.3 is 19.3 Å². The van der Waals surface area contributed by atoms with Crippen molar-refractivity contribution >= 4 is 0 Å². The molecule has 43 heavy (non-hydrogen) atoms. The molecule has 1 N–H and O–H groups in total. The zero-order chi connectivity index (χ0) is 30.1. The van der Waals surface area contributed by atoms with Crippen molar-refractivity contribution in [3.63, 3.8) is 0 Å². The summed E-state index contributed by atoms with van der Waals surface area (Å²) in [5.41, 5.74) is -1.17.